The zero-order valence-electron chi connectivity index (χ0n) is 22.7. The van der Waals surface area contributed by atoms with Gasteiger partial charge in [-0.3, -0.25) is 14.4 Å². The Morgan fingerprint density at radius 1 is 1.00 bits per heavy atom. The quantitative estimate of drug-likeness (QED) is 0.215. The van der Waals surface area contributed by atoms with Gasteiger partial charge in [-0.1, -0.05) is 30.3 Å². The molecule has 2 aromatic heterocycles. The molecule has 0 aliphatic carbocycles. The van der Waals surface area contributed by atoms with Crippen LogP contribution >= 0.6 is 0 Å². The van der Waals surface area contributed by atoms with E-state index in [9.17, 15) is 14.4 Å². The SMILES string of the molecule is CC(=O)c1cn(CC(=O)N2CCC[C@H]2C(=O)NCCCCc2ccccc2)c2ccc(Nc3cncnc3)cc12. The number of aromatic nitrogens is 3. The number of Topliss-reactive ketones (excluding diaryl/α,β-unsaturated/α-hetero) is 1. The molecule has 0 saturated carbocycles. The first-order valence-electron chi connectivity index (χ1n) is 13.8. The number of ketones is 1. The maximum atomic E-state index is 13.4. The van der Waals surface area contributed by atoms with Crippen LogP contribution in [0.3, 0.4) is 0 Å². The molecule has 9 heteroatoms. The third-order valence-electron chi connectivity index (χ3n) is 7.33. The standard InChI is InChI=1S/C31H34N6O3/c1-22(38)27-19-36(28-13-12-24(16-26(27)28)35-25-17-32-21-33-18-25)20-30(39)37-15-7-11-29(37)31(40)34-14-6-5-10-23-8-3-2-4-9-23/h2-4,8-9,12-13,16-19,21,29,35H,5-7,10-11,14-15,20H2,1H3,(H,34,40)/t29-/m0/s1. The van der Waals surface area contributed by atoms with Crippen LogP contribution in [0, 0.1) is 0 Å². The Balaban J connectivity index is 1.21. The van der Waals surface area contributed by atoms with Crippen LogP contribution in [0.4, 0.5) is 11.4 Å². The number of fused-ring (bicyclic) bond motifs is 1. The minimum Gasteiger partial charge on any atom is -0.354 e. The van der Waals surface area contributed by atoms with Crippen LogP contribution in [0.1, 0.15) is 48.5 Å². The summed E-state index contributed by atoms with van der Waals surface area (Å²) in [7, 11) is 0. The molecule has 3 heterocycles. The highest BCUT2D eigenvalue weighted by atomic mass is 16.2. The number of rotatable bonds is 11. The van der Waals surface area contributed by atoms with Gasteiger partial charge in [-0.2, -0.15) is 0 Å². The minimum atomic E-state index is -0.459. The number of unbranched alkanes of at least 4 members (excludes halogenated alkanes) is 1. The summed E-state index contributed by atoms with van der Waals surface area (Å²) < 4.78 is 1.81. The largest absolute Gasteiger partial charge is 0.354 e. The molecular formula is C31H34N6O3. The van der Waals surface area contributed by atoms with E-state index in [0.29, 0.717) is 25.1 Å². The molecule has 1 atom stereocenters. The van der Waals surface area contributed by atoms with Gasteiger partial charge in [0, 0.05) is 41.4 Å². The number of nitrogens with one attached hydrogen (secondary N) is 2. The molecule has 2 aromatic carbocycles. The molecule has 0 unspecified atom stereocenters. The normalized spacial score (nSPS) is 14.8. The van der Waals surface area contributed by atoms with Crippen molar-refractivity contribution in [2.75, 3.05) is 18.4 Å². The highest BCUT2D eigenvalue weighted by molar-refractivity contribution is 6.08. The topological polar surface area (TPSA) is 109 Å². The Morgan fingerprint density at radius 3 is 2.58 bits per heavy atom. The Hall–Kier alpha value is -4.53. The minimum absolute atomic E-state index is 0.0595. The number of hydrogen-bond donors (Lipinski definition) is 2. The maximum Gasteiger partial charge on any atom is 0.243 e. The first-order chi connectivity index (χ1) is 19.5. The molecule has 40 heavy (non-hydrogen) atoms. The molecule has 4 aromatic rings. The van der Waals surface area contributed by atoms with Crippen molar-refractivity contribution in [3.05, 3.63) is 84.6 Å². The summed E-state index contributed by atoms with van der Waals surface area (Å²) in [6, 6.07) is 15.5. The van der Waals surface area contributed by atoms with E-state index in [2.05, 4.69) is 32.7 Å². The number of nitrogens with zero attached hydrogens (tertiary/aromatic N) is 4. The predicted octanol–water partition coefficient (Wildman–Crippen LogP) is 4.51. The van der Waals surface area contributed by atoms with Gasteiger partial charge in [0.1, 0.15) is 18.9 Å². The van der Waals surface area contributed by atoms with Gasteiger partial charge >= 0.3 is 0 Å². The summed E-state index contributed by atoms with van der Waals surface area (Å²) in [5, 5.41) is 7.03. The first kappa shape index (κ1) is 27.1. The zero-order valence-corrected chi connectivity index (χ0v) is 22.7. The van der Waals surface area contributed by atoms with Gasteiger partial charge < -0.3 is 20.1 Å². The number of benzene rings is 2. The molecule has 0 bridgehead atoms. The summed E-state index contributed by atoms with van der Waals surface area (Å²) >= 11 is 0. The Labute approximate surface area is 233 Å². The molecule has 206 valence electrons. The average molecular weight is 539 g/mol. The fourth-order valence-corrected chi connectivity index (χ4v) is 5.32. The lowest BCUT2D eigenvalue weighted by Gasteiger charge is -2.24. The van der Waals surface area contributed by atoms with Crippen molar-refractivity contribution in [1.29, 1.82) is 0 Å². The lowest BCUT2D eigenvalue weighted by molar-refractivity contribution is -0.138. The molecule has 0 spiro atoms. The lowest BCUT2D eigenvalue weighted by Crippen LogP contribution is -2.47. The van der Waals surface area contributed by atoms with Crippen LogP contribution in [0.25, 0.3) is 10.9 Å². The summed E-state index contributed by atoms with van der Waals surface area (Å²) in [4.78, 5) is 48.5. The van der Waals surface area contributed by atoms with Crippen molar-refractivity contribution >= 4 is 39.9 Å². The van der Waals surface area contributed by atoms with Crippen molar-refractivity contribution in [2.45, 2.75) is 51.6 Å². The van der Waals surface area contributed by atoms with Gasteiger partial charge in [-0.15, -0.1) is 0 Å². The predicted molar refractivity (Wildman–Crippen MR) is 154 cm³/mol. The lowest BCUT2D eigenvalue weighted by atomic mass is 10.1. The fourth-order valence-electron chi connectivity index (χ4n) is 5.32. The number of amides is 2. The summed E-state index contributed by atoms with van der Waals surface area (Å²) in [6.45, 7) is 2.73. The first-order valence-corrected chi connectivity index (χ1v) is 13.8. The van der Waals surface area contributed by atoms with Crippen LogP contribution in [0.5, 0.6) is 0 Å². The molecule has 2 N–H and O–H groups in total. The summed E-state index contributed by atoms with van der Waals surface area (Å²) in [5.74, 6) is -0.299. The van der Waals surface area contributed by atoms with E-state index in [1.807, 2.05) is 36.4 Å². The van der Waals surface area contributed by atoms with Gasteiger partial charge in [0.05, 0.1) is 18.1 Å². The van der Waals surface area contributed by atoms with Crippen molar-refractivity contribution in [1.82, 2.24) is 24.8 Å². The Kier molecular flexibility index (Phi) is 8.49. The van der Waals surface area contributed by atoms with Gasteiger partial charge in [0.2, 0.25) is 11.8 Å². The van der Waals surface area contributed by atoms with Crippen LogP contribution in [0.15, 0.2) is 73.4 Å². The van der Waals surface area contributed by atoms with Crippen LogP contribution < -0.4 is 10.6 Å². The van der Waals surface area contributed by atoms with Crippen molar-refractivity contribution in [3.63, 3.8) is 0 Å². The molecule has 1 saturated heterocycles. The van der Waals surface area contributed by atoms with Gasteiger partial charge in [0.15, 0.2) is 5.78 Å². The van der Waals surface area contributed by atoms with Gasteiger partial charge in [0.25, 0.3) is 0 Å². The molecule has 9 nitrogen and oxygen atoms in total. The van der Waals surface area contributed by atoms with E-state index in [1.54, 1.807) is 28.1 Å². The van der Waals surface area contributed by atoms with E-state index in [0.717, 1.165) is 48.0 Å². The fraction of sp³-hybridized carbons (Fsp3) is 0.323. The summed E-state index contributed by atoms with van der Waals surface area (Å²) in [6.07, 6.45) is 10.8. The van der Waals surface area contributed by atoms with Crippen molar-refractivity contribution in [2.24, 2.45) is 0 Å². The Bertz CT molecular complexity index is 1490. The second-order valence-corrected chi connectivity index (χ2v) is 10.2. The smallest absolute Gasteiger partial charge is 0.243 e. The van der Waals surface area contributed by atoms with E-state index in [-0.39, 0.29) is 24.1 Å². The monoisotopic (exact) mass is 538 g/mol. The van der Waals surface area contributed by atoms with Crippen molar-refractivity contribution in [3.8, 4) is 0 Å². The second kappa shape index (κ2) is 12.5. The maximum absolute atomic E-state index is 13.4. The molecule has 5 rings (SSSR count). The number of likely N-dealkylation sites (tertiary alicyclic amines) is 1. The third kappa shape index (κ3) is 6.36. The number of anilines is 2. The highest BCUT2D eigenvalue weighted by Crippen LogP contribution is 2.28. The Morgan fingerprint density at radius 2 is 1.80 bits per heavy atom. The van der Waals surface area contributed by atoms with Crippen molar-refractivity contribution < 1.29 is 14.4 Å². The molecule has 0 radical (unpaired) electrons. The van der Waals surface area contributed by atoms with E-state index in [4.69, 9.17) is 0 Å². The number of aryl methyl sites for hydroxylation is 1. The van der Waals surface area contributed by atoms with Gasteiger partial charge in [-0.25, -0.2) is 9.97 Å². The molecule has 1 fully saturated rings. The van der Waals surface area contributed by atoms with E-state index < -0.39 is 6.04 Å². The molecule has 1 aliphatic heterocycles. The van der Waals surface area contributed by atoms with E-state index in [1.165, 1.54) is 18.8 Å². The second-order valence-electron chi connectivity index (χ2n) is 10.2. The van der Waals surface area contributed by atoms with Crippen LogP contribution in [-0.2, 0) is 22.6 Å². The molecular weight excluding hydrogens is 504 g/mol. The number of hydrogen-bond acceptors (Lipinski definition) is 6. The van der Waals surface area contributed by atoms with E-state index >= 15 is 0 Å². The number of carbonyl (C=O) groups excluding carboxylic acids is 3. The average Bonchev–Trinajstić information content (AvgIpc) is 3.59. The zero-order chi connectivity index (χ0) is 27.9. The third-order valence-corrected chi connectivity index (χ3v) is 7.33. The van der Waals surface area contributed by atoms with Gasteiger partial charge in [-0.05, 0) is 62.8 Å². The van der Waals surface area contributed by atoms with Crippen LogP contribution in [0.2, 0.25) is 0 Å². The highest BCUT2D eigenvalue weighted by Gasteiger charge is 2.34. The number of carbonyl (C=O) groups is 3. The molecule has 1 aliphatic rings. The summed E-state index contributed by atoms with van der Waals surface area (Å²) in [5.41, 5.74) is 4.14. The van der Waals surface area contributed by atoms with Crippen LogP contribution in [-0.4, -0.2) is 56.2 Å². The molecule has 2 amide bonds.